The Bertz CT molecular complexity index is 938. The first-order valence-corrected chi connectivity index (χ1v) is 8.14. The van der Waals surface area contributed by atoms with Crippen molar-refractivity contribution >= 4 is 17.1 Å². The summed E-state index contributed by atoms with van der Waals surface area (Å²) >= 11 is 0. The standard InChI is InChI=1S/C17H18FN5O/c1-11-19-14-15(23(11)13-7-5-12(18)6-8-13)20-17(21-16(14)24)22-9-3-2-4-10-22/h5-8H,2-4,9-10H2,1H3,(H,20,21,24). The van der Waals surface area contributed by atoms with Gasteiger partial charge < -0.3 is 4.90 Å². The van der Waals surface area contributed by atoms with Crippen LogP contribution >= 0.6 is 0 Å². The highest BCUT2D eigenvalue weighted by molar-refractivity contribution is 5.74. The van der Waals surface area contributed by atoms with E-state index < -0.39 is 0 Å². The van der Waals surface area contributed by atoms with Gasteiger partial charge in [0.1, 0.15) is 11.6 Å². The van der Waals surface area contributed by atoms with Crippen molar-refractivity contribution in [2.45, 2.75) is 26.2 Å². The number of nitrogens with zero attached hydrogens (tertiary/aromatic N) is 4. The monoisotopic (exact) mass is 327 g/mol. The maximum absolute atomic E-state index is 13.2. The molecule has 6 nitrogen and oxygen atoms in total. The lowest BCUT2D eigenvalue weighted by molar-refractivity contribution is 0.568. The summed E-state index contributed by atoms with van der Waals surface area (Å²) in [6.07, 6.45) is 3.39. The number of anilines is 1. The fraction of sp³-hybridized carbons (Fsp3) is 0.353. The summed E-state index contributed by atoms with van der Waals surface area (Å²) in [4.78, 5) is 26.4. The predicted molar refractivity (Wildman–Crippen MR) is 90.2 cm³/mol. The number of imidazole rings is 1. The van der Waals surface area contributed by atoms with E-state index in [-0.39, 0.29) is 11.4 Å². The Balaban J connectivity index is 1.90. The zero-order chi connectivity index (χ0) is 16.7. The van der Waals surface area contributed by atoms with Gasteiger partial charge in [-0.05, 0) is 50.5 Å². The Labute approximate surface area is 138 Å². The van der Waals surface area contributed by atoms with Crippen molar-refractivity contribution in [3.05, 3.63) is 46.3 Å². The molecule has 1 saturated heterocycles. The molecule has 0 spiro atoms. The fourth-order valence-corrected chi connectivity index (χ4v) is 3.22. The molecule has 1 aromatic carbocycles. The Morgan fingerprint density at radius 1 is 1.08 bits per heavy atom. The third-order valence-electron chi connectivity index (χ3n) is 4.41. The number of rotatable bonds is 2. The number of hydrogen-bond donors (Lipinski definition) is 1. The van der Waals surface area contributed by atoms with Crippen LogP contribution in [0.4, 0.5) is 10.3 Å². The van der Waals surface area contributed by atoms with Crippen LogP contribution in [-0.2, 0) is 0 Å². The molecule has 0 aliphatic carbocycles. The first-order valence-electron chi connectivity index (χ1n) is 8.14. The Morgan fingerprint density at radius 2 is 1.79 bits per heavy atom. The number of hydrogen-bond acceptors (Lipinski definition) is 4. The summed E-state index contributed by atoms with van der Waals surface area (Å²) in [7, 11) is 0. The number of aromatic amines is 1. The molecule has 1 fully saturated rings. The highest BCUT2D eigenvalue weighted by atomic mass is 19.1. The molecule has 7 heteroatoms. The van der Waals surface area contributed by atoms with Gasteiger partial charge in [-0.1, -0.05) is 0 Å². The van der Waals surface area contributed by atoms with Crippen molar-refractivity contribution in [1.82, 2.24) is 19.5 Å². The summed E-state index contributed by atoms with van der Waals surface area (Å²) in [6.45, 7) is 3.58. The lowest BCUT2D eigenvalue weighted by Crippen LogP contribution is -2.32. The molecule has 1 aliphatic heterocycles. The molecule has 1 aliphatic rings. The number of aryl methyl sites for hydroxylation is 1. The molecule has 3 aromatic rings. The largest absolute Gasteiger partial charge is 0.342 e. The number of H-pyrrole nitrogens is 1. The highest BCUT2D eigenvalue weighted by Gasteiger charge is 2.19. The lowest BCUT2D eigenvalue weighted by atomic mass is 10.1. The van der Waals surface area contributed by atoms with Gasteiger partial charge in [-0.3, -0.25) is 14.3 Å². The second-order valence-corrected chi connectivity index (χ2v) is 6.08. The van der Waals surface area contributed by atoms with Crippen molar-refractivity contribution in [1.29, 1.82) is 0 Å². The van der Waals surface area contributed by atoms with Crippen LogP contribution in [0.1, 0.15) is 25.1 Å². The van der Waals surface area contributed by atoms with Gasteiger partial charge >= 0.3 is 0 Å². The number of fused-ring (bicyclic) bond motifs is 1. The van der Waals surface area contributed by atoms with Crippen LogP contribution in [-0.4, -0.2) is 32.6 Å². The smallest absolute Gasteiger partial charge is 0.280 e. The minimum Gasteiger partial charge on any atom is -0.342 e. The van der Waals surface area contributed by atoms with Gasteiger partial charge in [0, 0.05) is 18.8 Å². The minimum atomic E-state index is -0.305. The normalized spacial score (nSPS) is 15.2. The van der Waals surface area contributed by atoms with E-state index in [0.717, 1.165) is 31.6 Å². The second kappa shape index (κ2) is 5.74. The third-order valence-corrected chi connectivity index (χ3v) is 4.41. The molecule has 1 N–H and O–H groups in total. The van der Waals surface area contributed by atoms with Crippen molar-refractivity contribution in [2.75, 3.05) is 18.0 Å². The van der Waals surface area contributed by atoms with Crippen LogP contribution in [0.15, 0.2) is 29.1 Å². The van der Waals surface area contributed by atoms with Gasteiger partial charge in [-0.25, -0.2) is 9.37 Å². The van der Waals surface area contributed by atoms with Gasteiger partial charge in [0.25, 0.3) is 5.56 Å². The zero-order valence-electron chi connectivity index (χ0n) is 13.4. The van der Waals surface area contributed by atoms with Crippen LogP contribution in [0.5, 0.6) is 0 Å². The molecule has 0 bridgehead atoms. The highest BCUT2D eigenvalue weighted by Crippen LogP contribution is 2.21. The molecular formula is C17H18FN5O. The van der Waals surface area contributed by atoms with Crippen molar-refractivity contribution < 1.29 is 4.39 Å². The van der Waals surface area contributed by atoms with Gasteiger partial charge in [0.2, 0.25) is 5.95 Å². The molecule has 4 rings (SSSR count). The molecule has 2 aromatic heterocycles. The van der Waals surface area contributed by atoms with E-state index in [1.165, 1.54) is 18.6 Å². The van der Waals surface area contributed by atoms with E-state index in [1.54, 1.807) is 16.7 Å². The first-order chi connectivity index (χ1) is 11.6. The third kappa shape index (κ3) is 2.46. The van der Waals surface area contributed by atoms with Crippen LogP contribution in [0.2, 0.25) is 0 Å². The number of halogens is 1. The van der Waals surface area contributed by atoms with E-state index in [2.05, 4.69) is 19.9 Å². The van der Waals surface area contributed by atoms with Crippen molar-refractivity contribution in [3.63, 3.8) is 0 Å². The molecular weight excluding hydrogens is 309 g/mol. The average molecular weight is 327 g/mol. The number of nitrogens with one attached hydrogen (secondary N) is 1. The summed E-state index contributed by atoms with van der Waals surface area (Å²) < 4.78 is 15.0. The average Bonchev–Trinajstić information content (AvgIpc) is 2.93. The maximum atomic E-state index is 13.2. The van der Waals surface area contributed by atoms with Gasteiger partial charge in [0.15, 0.2) is 11.2 Å². The molecule has 0 unspecified atom stereocenters. The summed E-state index contributed by atoms with van der Waals surface area (Å²) in [6, 6.07) is 6.10. The number of aromatic nitrogens is 4. The molecule has 0 saturated carbocycles. The first kappa shape index (κ1) is 14.9. The van der Waals surface area contributed by atoms with Gasteiger partial charge in [0.05, 0.1) is 0 Å². The number of piperidine rings is 1. The maximum Gasteiger partial charge on any atom is 0.280 e. The summed E-state index contributed by atoms with van der Waals surface area (Å²) in [5, 5.41) is 0. The van der Waals surface area contributed by atoms with E-state index in [9.17, 15) is 9.18 Å². The lowest BCUT2D eigenvalue weighted by Gasteiger charge is -2.26. The summed E-state index contributed by atoms with van der Waals surface area (Å²) in [5.74, 6) is 0.918. The van der Waals surface area contributed by atoms with Crippen molar-refractivity contribution in [3.8, 4) is 5.69 Å². The quantitative estimate of drug-likeness (QED) is 0.785. The van der Waals surface area contributed by atoms with E-state index >= 15 is 0 Å². The molecule has 0 radical (unpaired) electrons. The molecule has 124 valence electrons. The van der Waals surface area contributed by atoms with Crippen LogP contribution < -0.4 is 10.5 Å². The van der Waals surface area contributed by atoms with Crippen LogP contribution in [0.25, 0.3) is 16.9 Å². The van der Waals surface area contributed by atoms with E-state index in [0.29, 0.717) is 22.9 Å². The van der Waals surface area contributed by atoms with Crippen LogP contribution in [0.3, 0.4) is 0 Å². The van der Waals surface area contributed by atoms with Gasteiger partial charge in [-0.15, -0.1) is 0 Å². The van der Waals surface area contributed by atoms with E-state index in [1.807, 2.05) is 6.92 Å². The van der Waals surface area contributed by atoms with Gasteiger partial charge in [-0.2, -0.15) is 4.98 Å². The second-order valence-electron chi connectivity index (χ2n) is 6.08. The predicted octanol–water partition coefficient (Wildman–Crippen LogP) is 2.55. The summed E-state index contributed by atoms with van der Waals surface area (Å²) in [5.41, 5.74) is 1.30. The van der Waals surface area contributed by atoms with Crippen LogP contribution in [0, 0.1) is 12.7 Å². The Hall–Kier alpha value is -2.70. The fourth-order valence-electron chi connectivity index (χ4n) is 3.22. The Kier molecular flexibility index (Phi) is 3.55. The zero-order valence-corrected chi connectivity index (χ0v) is 13.4. The molecule has 3 heterocycles. The SMILES string of the molecule is Cc1nc2c(=O)[nH]c(N3CCCCC3)nc2n1-c1ccc(F)cc1. The van der Waals surface area contributed by atoms with Crippen molar-refractivity contribution in [2.24, 2.45) is 0 Å². The minimum absolute atomic E-state index is 0.246. The van der Waals surface area contributed by atoms with E-state index in [4.69, 9.17) is 0 Å². The number of benzene rings is 1. The topological polar surface area (TPSA) is 66.8 Å². The molecule has 24 heavy (non-hydrogen) atoms. The molecule has 0 amide bonds. The molecule has 0 atom stereocenters. The Morgan fingerprint density at radius 3 is 2.50 bits per heavy atom.